The van der Waals surface area contributed by atoms with E-state index in [1.54, 1.807) is 0 Å². The Morgan fingerprint density at radius 3 is 2.47 bits per heavy atom. The van der Waals surface area contributed by atoms with E-state index < -0.39 is 16.9 Å². The standard InChI is InChI=1S/C12H17FO3S/c1-9(2)16-7-11(14)8-17(15)12-5-3-10(13)4-6-12/h3-6,9,11,14H,7-8H2,1-2H3. The molecular formula is C12H17FO3S. The lowest BCUT2D eigenvalue weighted by Crippen LogP contribution is -2.24. The summed E-state index contributed by atoms with van der Waals surface area (Å²) in [5.74, 6) is -0.271. The Labute approximate surface area is 103 Å². The summed E-state index contributed by atoms with van der Waals surface area (Å²) in [6.07, 6.45) is -0.743. The van der Waals surface area contributed by atoms with Gasteiger partial charge in [-0.15, -0.1) is 0 Å². The molecule has 1 aromatic carbocycles. The Bertz CT molecular complexity index is 365. The zero-order chi connectivity index (χ0) is 12.8. The average Bonchev–Trinajstić information content (AvgIpc) is 2.27. The molecule has 2 atom stereocenters. The van der Waals surface area contributed by atoms with Crippen LogP contribution in [0.3, 0.4) is 0 Å². The number of halogens is 1. The van der Waals surface area contributed by atoms with E-state index in [0.29, 0.717) is 4.90 Å². The molecule has 2 unspecified atom stereocenters. The zero-order valence-electron chi connectivity index (χ0n) is 9.93. The van der Waals surface area contributed by atoms with Gasteiger partial charge in [-0.05, 0) is 38.1 Å². The first-order valence-corrected chi connectivity index (χ1v) is 6.74. The lowest BCUT2D eigenvalue weighted by Gasteiger charge is -2.13. The first kappa shape index (κ1) is 14.3. The van der Waals surface area contributed by atoms with E-state index >= 15 is 0 Å². The van der Waals surface area contributed by atoms with Gasteiger partial charge in [0.2, 0.25) is 0 Å². The van der Waals surface area contributed by atoms with Crippen molar-refractivity contribution in [3.8, 4) is 0 Å². The maximum absolute atomic E-state index is 12.7. The van der Waals surface area contributed by atoms with Crippen LogP contribution in [0.1, 0.15) is 13.8 Å². The molecule has 0 saturated heterocycles. The summed E-state index contributed by atoms with van der Waals surface area (Å²) in [4.78, 5) is 0.509. The quantitative estimate of drug-likeness (QED) is 0.847. The Hall–Kier alpha value is -0.780. The van der Waals surface area contributed by atoms with Gasteiger partial charge in [0.1, 0.15) is 5.82 Å². The van der Waals surface area contributed by atoms with Gasteiger partial charge in [0, 0.05) is 4.90 Å². The Morgan fingerprint density at radius 2 is 1.94 bits per heavy atom. The largest absolute Gasteiger partial charge is 0.390 e. The molecule has 0 saturated carbocycles. The minimum absolute atomic E-state index is 0.0314. The number of rotatable bonds is 6. The highest BCUT2D eigenvalue weighted by Crippen LogP contribution is 2.09. The van der Waals surface area contributed by atoms with Crippen molar-refractivity contribution < 1.29 is 18.4 Å². The van der Waals surface area contributed by atoms with Crippen LogP contribution >= 0.6 is 0 Å². The topological polar surface area (TPSA) is 46.5 Å². The molecule has 0 spiro atoms. The van der Waals surface area contributed by atoms with E-state index in [2.05, 4.69) is 0 Å². The highest BCUT2D eigenvalue weighted by molar-refractivity contribution is 7.85. The Balaban J connectivity index is 2.46. The van der Waals surface area contributed by atoms with Crippen LogP contribution in [0.2, 0.25) is 0 Å². The number of benzene rings is 1. The lowest BCUT2D eigenvalue weighted by molar-refractivity contribution is 0.0149. The molecule has 0 aliphatic carbocycles. The summed E-state index contributed by atoms with van der Waals surface area (Å²) < 4.78 is 29.7. The first-order valence-electron chi connectivity index (χ1n) is 5.42. The molecule has 1 rings (SSSR count). The van der Waals surface area contributed by atoms with Crippen molar-refractivity contribution in [2.75, 3.05) is 12.4 Å². The summed E-state index contributed by atoms with van der Waals surface area (Å²) in [6.45, 7) is 3.89. The summed E-state index contributed by atoms with van der Waals surface area (Å²) >= 11 is 0. The van der Waals surface area contributed by atoms with Crippen LogP contribution in [0.5, 0.6) is 0 Å². The van der Waals surface area contributed by atoms with E-state index in [4.69, 9.17) is 4.74 Å². The van der Waals surface area contributed by atoms with Gasteiger partial charge in [-0.1, -0.05) is 0 Å². The minimum Gasteiger partial charge on any atom is -0.390 e. The third kappa shape index (κ3) is 5.39. The molecule has 17 heavy (non-hydrogen) atoms. The maximum atomic E-state index is 12.7. The van der Waals surface area contributed by atoms with E-state index in [1.165, 1.54) is 24.3 Å². The fourth-order valence-corrected chi connectivity index (χ4v) is 2.29. The molecule has 5 heteroatoms. The second-order valence-electron chi connectivity index (χ2n) is 4.00. The van der Waals surface area contributed by atoms with Gasteiger partial charge in [-0.3, -0.25) is 4.21 Å². The van der Waals surface area contributed by atoms with Gasteiger partial charge in [0.25, 0.3) is 0 Å². The molecule has 0 fully saturated rings. The summed E-state index contributed by atoms with van der Waals surface area (Å²) in [6, 6.07) is 5.43. The molecular weight excluding hydrogens is 243 g/mol. The SMILES string of the molecule is CC(C)OCC(O)CS(=O)c1ccc(F)cc1. The normalized spacial score (nSPS) is 14.9. The molecule has 0 aliphatic heterocycles. The van der Waals surface area contributed by atoms with Crippen molar-refractivity contribution in [3.63, 3.8) is 0 Å². The number of ether oxygens (including phenoxy) is 1. The maximum Gasteiger partial charge on any atom is 0.123 e. The van der Waals surface area contributed by atoms with E-state index in [0.717, 1.165) is 0 Å². The third-order valence-electron chi connectivity index (χ3n) is 2.04. The van der Waals surface area contributed by atoms with E-state index in [1.807, 2.05) is 13.8 Å². The average molecular weight is 260 g/mol. The van der Waals surface area contributed by atoms with Gasteiger partial charge in [-0.2, -0.15) is 0 Å². The van der Waals surface area contributed by atoms with E-state index in [9.17, 15) is 13.7 Å². The lowest BCUT2D eigenvalue weighted by atomic mass is 10.3. The van der Waals surface area contributed by atoms with Gasteiger partial charge in [-0.25, -0.2) is 4.39 Å². The fraction of sp³-hybridized carbons (Fsp3) is 0.500. The van der Waals surface area contributed by atoms with Gasteiger partial charge < -0.3 is 9.84 Å². The van der Waals surface area contributed by atoms with Crippen LogP contribution in [0, 0.1) is 5.82 Å². The number of hydrogen-bond donors (Lipinski definition) is 1. The highest BCUT2D eigenvalue weighted by Gasteiger charge is 2.12. The smallest absolute Gasteiger partial charge is 0.123 e. The van der Waals surface area contributed by atoms with Gasteiger partial charge >= 0.3 is 0 Å². The van der Waals surface area contributed by atoms with Crippen LogP contribution in [0.25, 0.3) is 0 Å². The van der Waals surface area contributed by atoms with E-state index in [-0.39, 0.29) is 24.3 Å². The molecule has 0 amide bonds. The van der Waals surface area contributed by atoms with Crippen molar-refractivity contribution in [1.82, 2.24) is 0 Å². The summed E-state index contributed by atoms with van der Waals surface area (Å²) in [5, 5.41) is 9.59. The summed E-state index contributed by atoms with van der Waals surface area (Å²) in [5.41, 5.74) is 0. The molecule has 1 aromatic rings. The van der Waals surface area contributed by atoms with Crippen molar-refractivity contribution in [3.05, 3.63) is 30.1 Å². The predicted octanol–water partition coefficient (Wildman–Crippen LogP) is 1.72. The zero-order valence-corrected chi connectivity index (χ0v) is 10.7. The van der Waals surface area contributed by atoms with Crippen LogP contribution in [0.15, 0.2) is 29.2 Å². The van der Waals surface area contributed by atoms with Crippen molar-refractivity contribution in [2.24, 2.45) is 0 Å². The highest BCUT2D eigenvalue weighted by atomic mass is 32.2. The number of hydrogen-bond acceptors (Lipinski definition) is 3. The monoisotopic (exact) mass is 260 g/mol. The molecule has 0 bridgehead atoms. The van der Waals surface area contributed by atoms with Crippen LogP contribution < -0.4 is 0 Å². The molecule has 3 nitrogen and oxygen atoms in total. The summed E-state index contributed by atoms with van der Waals surface area (Å²) in [7, 11) is -1.33. The molecule has 0 aromatic heterocycles. The second kappa shape index (κ2) is 6.83. The first-order chi connectivity index (χ1) is 7.99. The molecule has 1 N–H and O–H groups in total. The van der Waals surface area contributed by atoms with Crippen LogP contribution in [0.4, 0.5) is 4.39 Å². The Kier molecular flexibility index (Phi) is 5.74. The molecule has 96 valence electrons. The molecule has 0 heterocycles. The Morgan fingerprint density at radius 1 is 1.35 bits per heavy atom. The number of aliphatic hydroxyl groups excluding tert-OH is 1. The van der Waals surface area contributed by atoms with Crippen LogP contribution in [-0.2, 0) is 15.5 Å². The van der Waals surface area contributed by atoms with Crippen LogP contribution in [-0.4, -0.2) is 33.9 Å². The predicted molar refractivity (Wildman–Crippen MR) is 64.8 cm³/mol. The minimum atomic E-state index is -1.33. The number of aliphatic hydroxyl groups is 1. The van der Waals surface area contributed by atoms with Crippen molar-refractivity contribution in [1.29, 1.82) is 0 Å². The fourth-order valence-electron chi connectivity index (χ4n) is 1.21. The van der Waals surface area contributed by atoms with Gasteiger partial charge in [0.15, 0.2) is 0 Å². The second-order valence-corrected chi connectivity index (χ2v) is 5.50. The van der Waals surface area contributed by atoms with Crippen molar-refractivity contribution in [2.45, 2.75) is 31.0 Å². The third-order valence-corrected chi connectivity index (χ3v) is 3.53. The van der Waals surface area contributed by atoms with Gasteiger partial charge in [0.05, 0.1) is 35.4 Å². The molecule has 0 aliphatic rings. The van der Waals surface area contributed by atoms with Crippen molar-refractivity contribution >= 4 is 10.8 Å². The molecule has 0 radical (unpaired) electrons.